The molecule has 0 amide bonds. The van der Waals surface area contributed by atoms with Gasteiger partial charge in [0.05, 0.1) is 6.54 Å². The van der Waals surface area contributed by atoms with Gasteiger partial charge in [0.2, 0.25) is 0 Å². The molecule has 2 heteroatoms. The highest BCUT2D eigenvalue weighted by Gasteiger charge is 1.80. The van der Waals surface area contributed by atoms with Crippen LogP contribution in [-0.2, 0) is 0 Å². The third-order valence-electron chi connectivity index (χ3n) is 0.633. The van der Waals surface area contributed by atoms with E-state index in [4.69, 9.17) is 6.42 Å². The van der Waals surface area contributed by atoms with Crippen molar-refractivity contribution in [3.63, 3.8) is 0 Å². The Balaban J connectivity index is 3.36. The summed E-state index contributed by atoms with van der Waals surface area (Å²) in [6.07, 6.45) is 6.70. The van der Waals surface area contributed by atoms with Gasteiger partial charge in [0, 0.05) is 13.3 Å². The van der Waals surface area contributed by atoms with Gasteiger partial charge in [-0.1, -0.05) is 5.92 Å². The predicted molar refractivity (Wildman–Crippen MR) is 35.6 cm³/mol. The zero-order valence-corrected chi connectivity index (χ0v) is 5.26. The molecule has 0 saturated heterocycles. The Morgan fingerprint density at radius 1 is 1.88 bits per heavy atom. The van der Waals surface area contributed by atoms with Gasteiger partial charge in [-0.25, -0.2) is 0 Å². The maximum atomic E-state index is 4.99. The molecule has 0 spiro atoms. The van der Waals surface area contributed by atoms with Crippen molar-refractivity contribution in [1.29, 1.82) is 0 Å². The lowest BCUT2D eigenvalue weighted by molar-refractivity contribution is 0.403. The van der Waals surface area contributed by atoms with Crippen LogP contribution < -0.4 is 0 Å². The minimum atomic E-state index is 0.574. The van der Waals surface area contributed by atoms with Crippen LogP contribution in [-0.4, -0.2) is 24.8 Å². The molecule has 0 aromatic heterocycles. The number of rotatable bonds is 2. The lowest BCUT2D eigenvalue weighted by Crippen LogP contribution is -2.09. The van der Waals surface area contributed by atoms with Gasteiger partial charge in [0.1, 0.15) is 0 Å². The van der Waals surface area contributed by atoms with Crippen LogP contribution in [0, 0.1) is 12.3 Å². The topological polar surface area (TPSA) is 15.6 Å². The van der Waals surface area contributed by atoms with Gasteiger partial charge in [-0.3, -0.25) is 5.01 Å². The molecule has 0 N–H and O–H groups in total. The van der Waals surface area contributed by atoms with Crippen molar-refractivity contribution in [2.24, 2.45) is 5.10 Å². The van der Waals surface area contributed by atoms with Crippen molar-refractivity contribution < 1.29 is 0 Å². The molecule has 0 aliphatic rings. The van der Waals surface area contributed by atoms with Crippen LogP contribution in [0.4, 0.5) is 0 Å². The maximum Gasteiger partial charge on any atom is 0.0962 e. The lowest BCUT2D eigenvalue weighted by atomic mass is 10.7. The smallest absolute Gasteiger partial charge is 0.0962 e. The normalized spacial score (nSPS) is 9.12. The number of terminal acetylenes is 1. The highest BCUT2D eigenvalue weighted by atomic mass is 15.4. The second-order valence-electron chi connectivity index (χ2n) is 1.39. The molecule has 0 aromatic rings. The highest BCUT2D eigenvalue weighted by molar-refractivity contribution is 5.52. The minimum absolute atomic E-state index is 0.574. The molecule has 0 aliphatic carbocycles. The van der Waals surface area contributed by atoms with Gasteiger partial charge < -0.3 is 0 Å². The fourth-order valence-corrected chi connectivity index (χ4v) is 0.370. The van der Waals surface area contributed by atoms with E-state index in [1.165, 1.54) is 0 Å². The Morgan fingerprint density at radius 2 is 2.50 bits per heavy atom. The van der Waals surface area contributed by atoms with Crippen LogP contribution in [0.2, 0.25) is 0 Å². The van der Waals surface area contributed by atoms with E-state index in [0.717, 1.165) is 0 Å². The molecule has 0 aliphatic heterocycles. The van der Waals surface area contributed by atoms with Crippen molar-refractivity contribution in [2.45, 2.75) is 6.92 Å². The van der Waals surface area contributed by atoms with E-state index >= 15 is 0 Å². The van der Waals surface area contributed by atoms with Gasteiger partial charge in [-0.05, 0) is 6.92 Å². The van der Waals surface area contributed by atoms with E-state index in [9.17, 15) is 0 Å². The summed E-state index contributed by atoms with van der Waals surface area (Å²) in [6.45, 7) is 2.43. The number of nitrogens with zero attached hydrogens (tertiary/aromatic N) is 2. The zero-order valence-electron chi connectivity index (χ0n) is 5.26. The van der Waals surface area contributed by atoms with Gasteiger partial charge >= 0.3 is 0 Å². The fourth-order valence-electron chi connectivity index (χ4n) is 0.370. The maximum absolute atomic E-state index is 4.99. The van der Waals surface area contributed by atoms with E-state index in [0.29, 0.717) is 6.54 Å². The van der Waals surface area contributed by atoms with Crippen molar-refractivity contribution in [3.05, 3.63) is 0 Å². The summed E-state index contributed by atoms with van der Waals surface area (Å²) in [4.78, 5) is 0. The molecule has 44 valence electrons. The number of hydrogen-bond acceptors (Lipinski definition) is 2. The van der Waals surface area contributed by atoms with Crippen molar-refractivity contribution in [1.82, 2.24) is 5.01 Å². The molecule has 0 heterocycles. The summed E-state index contributed by atoms with van der Waals surface area (Å²) in [5.41, 5.74) is 0. The molecule has 8 heavy (non-hydrogen) atoms. The third-order valence-corrected chi connectivity index (χ3v) is 0.633. The highest BCUT2D eigenvalue weighted by Crippen LogP contribution is 1.76. The molecule has 0 fully saturated rings. The number of hydrogen-bond donors (Lipinski definition) is 0. The minimum Gasteiger partial charge on any atom is -0.288 e. The first-order valence-electron chi connectivity index (χ1n) is 2.44. The molecular weight excluding hydrogens is 100 g/mol. The molecule has 0 saturated carbocycles. The Hall–Kier alpha value is -0.970. The summed E-state index contributed by atoms with van der Waals surface area (Å²) in [5, 5.41) is 5.57. The van der Waals surface area contributed by atoms with E-state index in [-0.39, 0.29) is 0 Å². The fraction of sp³-hybridized carbons (Fsp3) is 0.500. The van der Waals surface area contributed by atoms with Crippen molar-refractivity contribution >= 4 is 6.21 Å². The van der Waals surface area contributed by atoms with E-state index in [2.05, 4.69) is 11.0 Å². The molecule has 0 atom stereocenters. The first-order valence-corrected chi connectivity index (χ1v) is 2.44. The van der Waals surface area contributed by atoms with Gasteiger partial charge in [0.25, 0.3) is 0 Å². The monoisotopic (exact) mass is 110 g/mol. The zero-order chi connectivity index (χ0) is 6.41. The Kier molecular flexibility index (Phi) is 3.69. The molecule has 0 unspecified atom stereocenters. The molecule has 0 radical (unpaired) electrons. The molecule has 0 aromatic carbocycles. The van der Waals surface area contributed by atoms with Gasteiger partial charge in [-0.15, -0.1) is 6.42 Å². The molecule has 2 nitrogen and oxygen atoms in total. The Labute approximate surface area is 50.2 Å². The summed E-state index contributed by atoms with van der Waals surface area (Å²) >= 11 is 0. The summed E-state index contributed by atoms with van der Waals surface area (Å²) in [6, 6.07) is 0. The van der Waals surface area contributed by atoms with E-state index in [1.54, 1.807) is 11.2 Å². The second kappa shape index (κ2) is 4.20. The van der Waals surface area contributed by atoms with Gasteiger partial charge in [0.15, 0.2) is 0 Å². The molecule has 0 rings (SSSR count). The van der Waals surface area contributed by atoms with Crippen LogP contribution in [0.1, 0.15) is 6.92 Å². The third kappa shape index (κ3) is 3.23. The van der Waals surface area contributed by atoms with Crippen LogP contribution in [0.3, 0.4) is 0 Å². The quantitative estimate of drug-likeness (QED) is 0.288. The Morgan fingerprint density at radius 3 is 2.88 bits per heavy atom. The van der Waals surface area contributed by atoms with Crippen LogP contribution in [0.5, 0.6) is 0 Å². The molecule has 0 bridgehead atoms. The van der Waals surface area contributed by atoms with Crippen molar-refractivity contribution in [3.8, 4) is 12.3 Å². The summed E-state index contributed by atoms with van der Waals surface area (Å²) in [5.74, 6) is 2.46. The van der Waals surface area contributed by atoms with Crippen LogP contribution in [0.25, 0.3) is 0 Å². The SMILES string of the molecule is C#CCN(C)/N=C/C. The van der Waals surface area contributed by atoms with E-state index < -0.39 is 0 Å². The van der Waals surface area contributed by atoms with E-state index in [1.807, 2.05) is 14.0 Å². The standard InChI is InChI=1S/C6H10N2/c1-4-6-8(3)7-5-2/h1,5H,6H2,2-3H3/b7-5+. The lowest BCUT2D eigenvalue weighted by Gasteiger charge is -2.05. The van der Waals surface area contributed by atoms with Crippen molar-refractivity contribution in [2.75, 3.05) is 13.6 Å². The average Bonchev–Trinajstić information content (AvgIpc) is 1.68. The first-order chi connectivity index (χ1) is 3.81. The Bertz CT molecular complexity index is 110. The average molecular weight is 110 g/mol. The van der Waals surface area contributed by atoms with Gasteiger partial charge in [-0.2, -0.15) is 5.10 Å². The first kappa shape index (κ1) is 7.03. The summed E-state index contributed by atoms with van der Waals surface area (Å²) < 4.78 is 0. The predicted octanol–water partition coefficient (Wildman–Crippen LogP) is 0.557. The number of hydrazone groups is 1. The summed E-state index contributed by atoms with van der Waals surface area (Å²) in [7, 11) is 1.83. The second-order valence-corrected chi connectivity index (χ2v) is 1.39. The van der Waals surface area contributed by atoms with Crippen LogP contribution in [0.15, 0.2) is 5.10 Å². The largest absolute Gasteiger partial charge is 0.288 e. The van der Waals surface area contributed by atoms with Crippen LogP contribution >= 0.6 is 0 Å². The molecular formula is C6H10N2.